The maximum absolute atomic E-state index is 13.5. The fraction of sp³-hybridized carbons (Fsp3) is 0.333. The molecule has 0 radical (unpaired) electrons. The van der Waals surface area contributed by atoms with Crippen molar-refractivity contribution in [1.82, 2.24) is 0 Å². The zero-order chi connectivity index (χ0) is 9.19. The summed E-state index contributed by atoms with van der Waals surface area (Å²) in [6, 6.07) is 6.61. The Morgan fingerprint density at radius 3 is 2.23 bits per heavy atom. The minimum absolute atomic E-state index is 0. The van der Waals surface area contributed by atoms with E-state index in [9.17, 15) is 4.39 Å². The van der Waals surface area contributed by atoms with Crippen LogP contribution in [-0.4, -0.2) is 6.54 Å². The van der Waals surface area contributed by atoms with E-state index in [1.807, 2.05) is 0 Å². The molecule has 1 atom stereocenters. The molecule has 0 amide bonds. The molecule has 1 rings (SSSR count). The number of hydrogen-bond donors (Lipinski definition) is 1. The van der Waals surface area contributed by atoms with Crippen molar-refractivity contribution in [3.8, 4) is 0 Å². The van der Waals surface area contributed by atoms with Crippen LogP contribution in [0.1, 0.15) is 12.5 Å². The maximum Gasteiger partial charge on any atom is 0.145 e. The highest BCUT2D eigenvalue weighted by Gasteiger charge is 2.22. The second-order valence-corrected chi connectivity index (χ2v) is 3.34. The van der Waals surface area contributed by atoms with E-state index in [-0.39, 0.29) is 19.0 Å². The van der Waals surface area contributed by atoms with Gasteiger partial charge in [0.1, 0.15) is 5.67 Å². The third kappa shape index (κ3) is 3.14. The molecular weight excluding hydrogens is 212 g/mol. The molecule has 13 heavy (non-hydrogen) atoms. The van der Waals surface area contributed by atoms with Gasteiger partial charge in [-0.15, -0.1) is 12.4 Å². The third-order valence-electron chi connectivity index (χ3n) is 1.83. The number of rotatable bonds is 2. The first-order valence-electron chi connectivity index (χ1n) is 3.71. The lowest BCUT2D eigenvalue weighted by Gasteiger charge is -2.17. The third-order valence-corrected chi connectivity index (χ3v) is 2.08. The number of benzene rings is 1. The SMILES string of the molecule is CC(F)(CN)c1ccc(Cl)cc1.Cl. The van der Waals surface area contributed by atoms with E-state index in [0.29, 0.717) is 10.6 Å². The van der Waals surface area contributed by atoms with Crippen LogP contribution in [0.5, 0.6) is 0 Å². The van der Waals surface area contributed by atoms with Gasteiger partial charge in [-0.2, -0.15) is 0 Å². The lowest BCUT2D eigenvalue weighted by atomic mass is 9.98. The van der Waals surface area contributed by atoms with Crippen LogP contribution in [0.3, 0.4) is 0 Å². The topological polar surface area (TPSA) is 26.0 Å². The molecular formula is C9H12Cl2FN. The fourth-order valence-electron chi connectivity index (χ4n) is 0.915. The Labute approximate surface area is 88.5 Å². The van der Waals surface area contributed by atoms with Gasteiger partial charge in [-0.3, -0.25) is 0 Å². The first-order chi connectivity index (χ1) is 5.56. The Morgan fingerprint density at radius 2 is 1.85 bits per heavy atom. The van der Waals surface area contributed by atoms with Crippen LogP contribution in [0.4, 0.5) is 4.39 Å². The molecule has 0 saturated carbocycles. The predicted octanol–water partition coefficient (Wildman–Crippen LogP) is 2.91. The van der Waals surface area contributed by atoms with Crippen LogP contribution < -0.4 is 5.73 Å². The van der Waals surface area contributed by atoms with Gasteiger partial charge < -0.3 is 5.73 Å². The molecule has 1 nitrogen and oxygen atoms in total. The lowest BCUT2D eigenvalue weighted by molar-refractivity contribution is 0.203. The van der Waals surface area contributed by atoms with Gasteiger partial charge in [0, 0.05) is 11.6 Å². The monoisotopic (exact) mass is 223 g/mol. The largest absolute Gasteiger partial charge is 0.327 e. The van der Waals surface area contributed by atoms with Crippen LogP contribution in [0.15, 0.2) is 24.3 Å². The highest BCUT2D eigenvalue weighted by atomic mass is 35.5. The van der Waals surface area contributed by atoms with Crippen LogP contribution >= 0.6 is 24.0 Å². The second kappa shape index (κ2) is 4.80. The van der Waals surface area contributed by atoms with Crippen molar-refractivity contribution in [2.24, 2.45) is 5.73 Å². The Balaban J connectivity index is 0.00000144. The molecule has 74 valence electrons. The average molecular weight is 224 g/mol. The van der Waals surface area contributed by atoms with Crippen LogP contribution in [0.25, 0.3) is 0 Å². The number of nitrogens with two attached hydrogens (primary N) is 1. The highest BCUT2D eigenvalue weighted by Crippen LogP contribution is 2.24. The van der Waals surface area contributed by atoms with Crippen molar-refractivity contribution >= 4 is 24.0 Å². The van der Waals surface area contributed by atoms with E-state index in [4.69, 9.17) is 17.3 Å². The summed E-state index contributed by atoms with van der Waals surface area (Å²) < 4.78 is 13.5. The van der Waals surface area contributed by atoms with Gasteiger partial charge in [0.25, 0.3) is 0 Å². The van der Waals surface area contributed by atoms with Crippen molar-refractivity contribution in [2.45, 2.75) is 12.6 Å². The Hall–Kier alpha value is -0.310. The van der Waals surface area contributed by atoms with Gasteiger partial charge in [0.05, 0.1) is 0 Å². The van der Waals surface area contributed by atoms with Crippen molar-refractivity contribution in [3.05, 3.63) is 34.9 Å². The summed E-state index contributed by atoms with van der Waals surface area (Å²) in [5.74, 6) is 0. The van der Waals surface area contributed by atoms with Crippen molar-refractivity contribution in [2.75, 3.05) is 6.54 Å². The van der Waals surface area contributed by atoms with Crippen LogP contribution in [-0.2, 0) is 5.67 Å². The van der Waals surface area contributed by atoms with E-state index in [1.54, 1.807) is 24.3 Å². The molecule has 0 spiro atoms. The molecule has 0 aliphatic carbocycles. The van der Waals surface area contributed by atoms with E-state index in [1.165, 1.54) is 6.92 Å². The molecule has 2 N–H and O–H groups in total. The average Bonchev–Trinajstić information content (AvgIpc) is 2.05. The quantitative estimate of drug-likeness (QED) is 0.821. The molecule has 0 aliphatic heterocycles. The Bertz CT molecular complexity index is 259. The number of alkyl halides is 1. The molecule has 1 aromatic rings. The first-order valence-corrected chi connectivity index (χ1v) is 4.09. The van der Waals surface area contributed by atoms with Crippen LogP contribution in [0.2, 0.25) is 5.02 Å². The van der Waals surface area contributed by atoms with Crippen molar-refractivity contribution in [3.63, 3.8) is 0 Å². The Kier molecular flexibility index (Phi) is 4.68. The molecule has 0 fully saturated rings. The molecule has 0 bridgehead atoms. The van der Waals surface area contributed by atoms with Gasteiger partial charge in [0.15, 0.2) is 0 Å². The number of halogens is 3. The van der Waals surface area contributed by atoms with Crippen LogP contribution in [0, 0.1) is 0 Å². The maximum atomic E-state index is 13.5. The predicted molar refractivity (Wildman–Crippen MR) is 56.2 cm³/mol. The number of hydrogen-bond acceptors (Lipinski definition) is 1. The van der Waals surface area contributed by atoms with E-state index in [2.05, 4.69) is 0 Å². The molecule has 1 unspecified atom stereocenters. The smallest absolute Gasteiger partial charge is 0.145 e. The van der Waals surface area contributed by atoms with Gasteiger partial charge in [-0.05, 0) is 24.6 Å². The summed E-state index contributed by atoms with van der Waals surface area (Å²) in [5, 5.41) is 0.603. The molecule has 0 saturated heterocycles. The summed E-state index contributed by atoms with van der Waals surface area (Å²) in [5.41, 5.74) is 4.38. The van der Waals surface area contributed by atoms with E-state index in [0.717, 1.165) is 0 Å². The van der Waals surface area contributed by atoms with E-state index < -0.39 is 5.67 Å². The molecule has 0 heterocycles. The van der Waals surface area contributed by atoms with Gasteiger partial charge in [0.2, 0.25) is 0 Å². The minimum Gasteiger partial charge on any atom is -0.327 e. The normalized spacial score (nSPS) is 14.5. The highest BCUT2D eigenvalue weighted by molar-refractivity contribution is 6.30. The van der Waals surface area contributed by atoms with Gasteiger partial charge in [-0.1, -0.05) is 23.7 Å². The zero-order valence-electron chi connectivity index (χ0n) is 7.26. The summed E-state index contributed by atoms with van der Waals surface area (Å²) in [7, 11) is 0. The first kappa shape index (κ1) is 12.7. The standard InChI is InChI=1S/C9H11ClFN.ClH/c1-9(11,6-12)7-2-4-8(10)5-3-7;/h2-5H,6,12H2,1H3;1H. The van der Waals surface area contributed by atoms with E-state index >= 15 is 0 Å². The summed E-state index contributed by atoms with van der Waals surface area (Å²) in [6.07, 6.45) is 0. The minimum atomic E-state index is -1.45. The zero-order valence-corrected chi connectivity index (χ0v) is 8.83. The lowest BCUT2D eigenvalue weighted by Crippen LogP contribution is -2.26. The molecule has 0 aliphatic rings. The summed E-state index contributed by atoms with van der Waals surface area (Å²) in [6.45, 7) is 1.44. The second-order valence-electron chi connectivity index (χ2n) is 2.91. The Morgan fingerprint density at radius 1 is 1.38 bits per heavy atom. The summed E-state index contributed by atoms with van der Waals surface area (Å²) >= 11 is 5.65. The molecule has 4 heteroatoms. The molecule has 1 aromatic carbocycles. The van der Waals surface area contributed by atoms with Crippen molar-refractivity contribution in [1.29, 1.82) is 0 Å². The molecule has 0 aromatic heterocycles. The summed E-state index contributed by atoms with van der Waals surface area (Å²) in [4.78, 5) is 0. The fourth-order valence-corrected chi connectivity index (χ4v) is 1.04. The van der Waals surface area contributed by atoms with Gasteiger partial charge in [-0.25, -0.2) is 4.39 Å². The van der Waals surface area contributed by atoms with Crippen molar-refractivity contribution < 1.29 is 4.39 Å². The van der Waals surface area contributed by atoms with Gasteiger partial charge >= 0.3 is 0 Å².